The van der Waals surface area contributed by atoms with Crippen LogP contribution in [-0.4, -0.2) is 15.0 Å². The molecule has 5 aromatic carbocycles. The normalized spacial score (nSPS) is 11.8. The van der Waals surface area contributed by atoms with E-state index >= 15 is 0 Å². The molecule has 1 aromatic heterocycles. The van der Waals surface area contributed by atoms with Crippen LogP contribution in [0.25, 0.3) is 55.4 Å². The van der Waals surface area contributed by atoms with Crippen molar-refractivity contribution in [1.82, 2.24) is 15.0 Å². The van der Waals surface area contributed by atoms with Crippen molar-refractivity contribution < 1.29 is 0 Å². The smallest absolute Gasteiger partial charge is 0.164 e. The average Bonchev–Trinajstić information content (AvgIpc) is 2.92. The molecular weight excluding hydrogens is 438 g/mol. The minimum absolute atomic E-state index is 0.218. The summed E-state index contributed by atoms with van der Waals surface area (Å²) < 4.78 is 0. The SMILES string of the molecule is CC(C)(C)c1nc(-c2cccc(-c3cccc4ccccc34)c2)nc(-c2cccc3ccccc23)n1. The number of aromatic nitrogens is 3. The zero-order valence-corrected chi connectivity index (χ0v) is 20.7. The van der Waals surface area contributed by atoms with Crippen LogP contribution in [0.4, 0.5) is 0 Å². The highest BCUT2D eigenvalue weighted by molar-refractivity contribution is 5.97. The van der Waals surface area contributed by atoms with Crippen molar-refractivity contribution in [2.24, 2.45) is 0 Å². The molecule has 0 aliphatic heterocycles. The molecular formula is C33H27N3. The van der Waals surface area contributed by atoms with Gasteiger partial charge in [0.25, 0.3) is 0 Å². The quantitative estimate of drug-likeness (QED) is 0.263. The monoisotopic (exact) mass is 465 g/mol. The van der Waals surface area contributed by atoms with Gasteiger partial charge in [-0.25, -0.2) is 15.0 Å². The number of hydrogen-bond acceptors (Lipinski definition) is 3. The van der Waals surface area contributed by atoms with Gasteiger partial charge in [-0.1, -0.05) is 124 Å². The van der Waals surface area contributed by atoms with Crippen LogP contribution >= 0.6 is 0 Å². The van der Waals surface area contributed by atoms with Gasteiger partial charge in [0.1, 0.15) is 5.82 Å². The lowest BCUT2D eigenvalue weighted by Crippen LogP contribution is -2.18. The van der Waals surface area contributed by atoms with E-state index in [1.54, 1.807) is 0 Å². The van der Waals surface area contributed by atoms with Crippen LogP contribution in [0.15, 0.2) is 109 Å². The number of rotatable bonds is 3. The fraction of sp³-hybridized carbons (Fsp3) is 0.121. The second-order valence-electron chi connectivity index (χ2n) is 10.2. The van der Waals surface area contributed by atoms with Crippen LogP contribution < -0.4 is 0 Å². The van der Waals surface area contributed by atoms with E-state index in [0.29, 0.717) is 11.6 Å². The van der Waals surface area contributed by atoms with E-state index in [9.17, 15) is 0 Å². The summed E-state index contributed by atoms with van der Waals surface area (Å²) in [6.45, 7) is 6.43. The molecule has 0 aliphatic rings. The van der Waals surface area contributed by atoms with Gasteiger partial charge in [-0.3, -0.25) is 0 Å². The van der Waals surface area contributed by atoms with Crippen molar-refractivity contribution >= 4 is 21.5 Å². The topological polar surface area (TPSA) is 38.7 Å². The van der Waals surface area contributed by atoms with Gasteiger partial charge in [-0.15, -0.1) is 0 Å². The zero-order chi connectivity index (χ0) is 24.7. The summed E-state index contributed by atoms with van der Waals surface area (Å²) in [5.74, 6) is 2.18. The van der Waals surface area contributed by atoms with Crippen molar-refractivity contribution in [2.45, 2.75) is 26.2 Å². The fourth-order valence-electron chi connectivity index (χ4n) is 4.68. The fourth-order valence-corrected chi connectivity index (χ4v) is 4.68. The Balaban J connectivity index is 1.54. The van der Waals surface area contributed by atoms with Crippen LogP contribution in [-0.2, 0) is 5.41 Å². The maximum absolute atomic E-state index is 5.01. The molecule has 36 heavy (non-hydrogen) atoms. The summed E-state index contributed by atoms with van der Waals surface area (Å²) in [6, 6.07) is 38.1. The molecule has 0 spiro atoms. The molecule has 6 aromatic rings. The summed E-state index contributed by atoms with van der Waals surface area (Å²) in [6.07, 6.45) is 0. The predicted octanol–water partition coefficient (Wildman–Crippen LogP) is 8.48. The Morgan fingerprint density at radius 2 is 1.00 bits per heavy atom. The molecule has 0 radical (unpaired) electrons. The average molecular weight is 466 g/mol. The summed E-state index contributed by atoms with van der Waals surface area (Å²) in [7, 11) is 0. The number of benzene rings is 5. The van der Waals surface area contributed by atoms with Crippen LogP contribution in [0.2, 0.25) is 0 Å². The Kier molecular flexibility index (Phi) is 5.34. The van der Waals surface area contributed by atoms with Gasteiger partial charge < -0.3 is 0 Å². The van der Waals surface area contributed by atoms with Gasteiger partial charge in [0.05, 0.1) is 0 Å². The lowest BCUT2D eigenvalue weighted by Gasteiger charge is -2.19. The summed E-state index contributed by atoms with van der Waals surface area (Å²) in [5, 5.41) is 4.78. The second kappa shape index (κ2) is 8.69. The Hall–Kier alpha value is -4.37. The number of nitrogens with zero attached hydrogens (tertiary/aromatic N) is 3. The van der Waals surface area contributed by atoms with E-state index in [0.717, 1.165) is 27.9 Å². The molecule has 1 heterocycles. The van der Waals surface area contributed by atoms with Crippen molar-refractivity contribution in [1.29, 1.82) is 0 Å². The van der Waals surface area contributed by atoms with Crippen molar-refractivity contribution in [3.05, 3.63) is 115 Å². The van der Waals surface area contributed by atoms with Crippen molar-refractivity contribution in [3.8, 4) is 33.9 Å². The van der Waals surface area contributed by atoms with Gasteiger partial charge in [-0.2, -0.15) is 0 Å². The highest BCUT2D eigenvalue weighted by Gasteiger charge is 2.22. The van der Waals surface area contributed by atoms with Crippen LogP contribution in [0, 0.1) is 0 Å². The first-order valence-electron chi connectivity index (χ1n) is 12.3. The third-order valence-electron chi connectivity index (χ3n) is 6.56. The maximum atomic E-state index is 5.01. The first-order valence-corrected chi connectivity index (χ1v) is 12.3. The number of hydrogen-bond donors (Lipinski definition) is 0. The van der Waals surface area contributed by atoms with E-state index in [2.05, 4.69) is 130 Å². The summed E-state index contributed by atoms with van der Waals surface area (Å²) >= 11 is 0. The minimum Gasteiger partial charge on any atom is -0.212 e. The van der Waals surface area contributed by atoms with Crippen molar-refractivity contribution in [2.75, 3.05) is 0 Å². The zero-order valence-electron chi connectivity index (χ0n) is 20.7. The van der Waals surface area contributed by atoms with Gasteiger partial charge >= 0.3 is 0 Å². The molecule has 0 unspecified atom stereocenters. The molecule has 0 atom stereocenters. The predicted molar refractivity (Wildman–Crippen MR) is 150 cm³/mol. The van der Waals surface area contributed by atoms with E-state index in [-0.39, 0.29) is 5.41 Å². The maximum Gasteiger partial charge on any atom is 0.164 e. The Morgan fingerprint density at radius 3 is 1.69 bits per heavy atom. The van der Waals surface area contributed by atoms with E-state index < -0.39 is 0 Å². The van der Waals surface area contributed by atoms with Gasteiger partial charge in [0.15, 0.2) is 11.6 Å². The molecule has 0 amide bonds. The molecule has 0 fully saturated rings. The molecule has 3 heteroatoms. The lowest BCUT2D eigenvalue weighted by molar-refractivity contribution is 0.543. The molecule has 0 bridgehead atoms. The molecule has 0 saturated heterocycles. The molecule has 0 saturated carbocycles. The molecule has 3 nitrogen and oxygen atoms in total. The van der Waals surface area contributed by atoms with Gasteiger partial charge in [0, 0.05) is 16.5 Å². The summed E-state index contributed by atoms with van der Waals surface area (Å²) in [5.41, 5.74) is 4.13. The van der Waals surface area contributed by atoms with Gasteiger partial charge in [-0.05, 0) is 38.7 Å². The Bertz CT molecular complexity index is 1720. The lowest BCUT2D eigenvalue weighted by atomic mass is 9.95. The first-order chi connectivity index (χ1) is 17.5. The first kappa shape index (κ1) is 22.1. The second-order valence-corrected chi connectivity index (χ2v) is 10.2. The highest BCUT2D eigenvalue weighted by Crippen LogP contribution is 2.33. The molecule has 0 aliphatic carbocycles. The van der Waals surface area contributed by atoms with Crippen LogP contribution in [0.3, 0.4) is 0 Å². The molecule has 6 rings (SSSR count). The third-order valence-corrected chi connectivity index (χ3v) is 6.56. The standard InChI is InChI=1S/C33H27N3/c1-33(2,3)32-35-30(34-31(36-32)29-20-10-14-23-12-5-7-18-27(23)29)25-16-8-15-24(21-25)28-19-9-13-22-11-4-6-17-26(22)28/h4-21H,1-3H3. The Labute approximate surface area is 211 Å². The van der Waals surface area contributed by atoms with Crippen LogP contribution in [0.5, 0.6) is 0 Å². The van der Waals surface area contributed by atoms with E-state index in [1.165, 1.54) is 21.7 Å². The van der Waals surface area contributed by atoms with Gasteiger partial charge in [0.2, 0.25) is 0 Å². The molecule has 174 valence electrons. The van der Waals surface area contributed by atoms with Crippen LogP contribution in [0.1, 0.15) is 26.6 Å². The minimum atomic E-state index is -0.218. The van der Waals surface area contributed by atoms with E-state index in [4.69, 9.17) is 15.0 Å². The van der Waals surface area contributed by atoms with Crippen molar-refractivity contribution in [3.63, 3.8) is 0 Å². The third kappa shape index (κ3) is 4.03. The molecule has 0 N–H and O–H groups in total. The summed E-state index contributed by atoms with van der Waals surface area (Å²) in [4.78, 5) is 14.9. The largest absolute Gasteiger partial charge is 0.212 e. The Morgan fingerprint density at radius 1 is 0.472 bits per heavy atom. The highest BCUT2D eigenvalue weighted by atomic mass is 15.0. The number of fused-ring (bicyclic) bond motifs is 2. The van der Waals surface area contributed by atoms with E-state index in [1.807, 2.05) is 0 Å².